The van der Waals surface area contributed by atoms with Gasteiger partial charge in [0.25, 0.3) is 0 Å². The van der Waals surface area contributed by atoms with Gasteiger partial charge in [0.05, 0.1) is 0 Å². The molecule has 0 spiro atoms. The Labute approximate surface area is 155 Å². The van der Waals surface area contributed by atoms with Crippen molar-refractivity contribution in [2.45, 2.75) is 98.3 Å². The van der Waals surface area contributed by atoms with E-state index < -0.39 is 0 Å². The van der Waals surface area contributed by atoms with Crippen molar-refractivity contribution in [2.75, 3.05) is 0 Å². The summed E-state index contributed by atoms with van der Waals surface area (Å²) in [5.41, 5.74) is 1.09. The van der Waals surface area contributed by atoms with E-state index in [1.807, 2.05) is 0 Å². The van der Waals surface area contributed by atoms with Crippen LogP contribution in [0.25, 0.3) is 0 Å². The first kappa shape index (κ1) is 18.1. The molecule has 25 heavy (non-hydrogen) atoms. The highest BCUT2D eigenvalue weighted by atomic mass is 16.1. The average Bonchev–Trinajstić information content (AvgIpc) is 2.93. The molecule has 0 aromatic rings. The van der Waals surface area contributed by atoms with E-state index in [9.17, 15) is 4.79 Å². The van der Waals surface area contributed by atoms with E-state index in [-0.39, 0.29) is 0 Å². The highest BCUT2D eigenvalue weighted by molar-refractivity contribution is 5.79. The van der Waals surface area contributed by atoms with Crippen molar-refractivity contribution in [1.29, 1.82) is 0 Å². The van der Waals surface area contributed by atoms with E-state index in [0.717, 1.165) is 42.4 Å². The van der Waals surface area contributed by atoms with Crippen molar-refractivity contribution in [1.82, 2.24) is 0 Å². The number of Topliss-reactive ketones (excluding diaryl/α,β-unsaturated/α-hetero) is 1. The lowest BCUT2D eigenvalue weighted by atomic mass is 9.44. The van der Waals surface area contributed by atoms with Gasteiger partial charge in [-0.15, -0.1) is 0 Å². The van der Waals surface area contributed by atoms with Crippen molar-refractivity contribution in [3.8, 4) is 0 Å². The van der Waals surface area contributed by atoms with E-state index in [2.05, 4.69) is 27.7 Å². The van der Waals surface area contributed by atoms with Gasteiger partial charge in [-0.2, -0.15) is 0 Å². The molecule has 0 bridgehead atoms. The van der Waals surface area contributed by atoms with Crippen LogP contribution in [0.3, 0.4) is 0 Å². The zero-order valence-electron chi connectivity index (χ0n) is 17.2. The molecule has 4 aliphatic rings. The van der Waals surface area contributed by atoms with Crippen molar-refractivity contribution in [3.05, 3.63) is 0 Å². The van der Waals surface area contributed by atoms with Crippen molar-refractivity contribution in [2.24, 2.45) is 46.3 Å². The molecule has 0 heterocycles. The summed E-state index contributed by atoms with van der Waals surface area (Å²) in [6.07, 6.45) is 14.4. The van der Waals surface area contributed by atoms with Gasteiger partial charge in [-0.05, 0) is 91.3 Å². The highest BCUT2D eigenvalue weighted by Crippen LogP contribution is 2.68. The Morgan fingerprint density at radius 2 is 1.76 bits per heavy atom. The minimum Gasteiger partial charge on any atom is -0.300 e. The molecule has 0 aromatic heterocycles. The molecule has 1 heteroatoms. The lowest BCUT2D eigenvalue weighted by Gasteiger charge is -2.60. The normalized spacial score (nSPS) is 50.7. The van der Waals surface area contributed by atoms with Crippen molar-refractivity contribution in [3.63, 3.8) is 0 Å². The van der Waals surface area contributed by atoms with Crippen LogP contribution >= 0.6 is 0 Å². The van der Waals surface area contributed by atoms with Crippen LogP contribution < -0.4 is 0 Å². The van der Waals surface area contributed by atoms with Crippen molar-refractivity contribution < 1.29 is 4.79 Å². The van der Waals surface area contributed by atoms with E-state index in [0.29, 0.717) is 22.5 Å². The topological polar surface area (TPSA) is 17.1 Å². The number of carbonyl (C=O) groups is 1. The number of fused-ring (bicyclic) bond motifs is 5. The number of hydrogen-bond donors (Lipinski definition) is 0. The predicted molar refractivity (Wildman–Crippen MR) is 104 cm³/mol. The lowest BCUT2D eigenvalue weighted by molar-refractivity contribution is -0.140. The monoisotopic (exact) mass is 344 g/mol. The maximum Gasteiger partial charge on any atom is 0.133 e. The van der Waals surface area contributed by atoms with Gasteiger partial charge in [0.1, 0.15) is 5.78 Å². The minimum atomic E-state index is 0.477. The first-order chi connectivity index (χ1) is 11.9. The van der Waals surface area contributed by atoms with Gasteiger partial charge in [-0.25, -0.2) is 0 Å². The summed E-state index contributed by atoms with van der Waals surface area (Å²) in [5.74, 6) is 6.00. The molecule has 1 nitrogen and oxygen atoms in total. The molecule has 4 rings (SSSR count). The van der Waals surface area contributed by atoms with Crippen LogP contribution in [-0.2, 0) is 4.79 Å². The highest BCUT2D eigenvalue weighted by Gasteiger charge is 2.60. The van der Waals surface area contributed by atoms with Gasteiger partial charge in [0.15, 0.2) is 0 Å². The SMILES string of the molecule is CCC[C@@H](C)[C@H]1CC[C@H]2[C@@H]3CCC4CC(=O)CC[C@]4(C)[C@H]3CC[C@]12C. The molecule has 1 unspecified atom stereocenters. The summed E-state index contributed by atoms with van der Waals surface area (Å²) in [6, 6.07) is 0. The zero-order valence-corrected chi connectivity index (χ0v) is 17.2. The van der Waals surface area contributed by atoms with Crippen LogP contribution in [0.4, 0.5) is 0 Å². The molecular weight excluding hydrogens is 304 g/mol. The fourth-order valence-corrected chi connectivity index (χ4v) is 8.68. The molecule has 0 amide bonds. The fraction of sp³-hybridized carbons (Fsp3) is 0.958. The Hall–Kier alpha value is -0.330. The standard InChI is InChI=1S/C24H40O/c1-5-6-16(2)20-9-10-21-19-8-7-17-15-18(25)11-13-23(17,3)22(19)12-14-24(20,21)4/h16-17,19-22H,5-15H2,1-4H3/t16-,17?,19+,20-,21+,22+,23+,24-/m1/s1. The van der Waals surface area contributed by atoms with Crippen LogP contribution in [0, 0.1) is 46.3 Å². The average molecular weight is 345 g/mol. The van der Waals surface area contributed by atoms with Gasteiger partial charge in [0, 0.05) is 12.8 Å². The molecule has 4 saturated carbocycles. The van der Waals surface area contributed by atoms with Crippen LogP contribution in [0.2, 0.25) is 0 Å². The second kappa shape index (κ2) is 6.38. The zero-order chi connectivity index (χ0) is 17.8. The molecule has 8 atom stereocenters. The molecule has 0 aromatic carbocycles. The molecule has 0 N–H and O–H groups in total. The van der Waals surface area contributed by atoms with Gasteiger partial charge >= 0.3 is 0 Å². The molecule has 142 valence electrons. The van der Waals surface area contributed by atoms with Crippen molar-refractivity contribution >= 4 is 5.78 Å². The molecule has 4 aliphatic carbocycles. The Bertz CT molecular complexity index is 524. The fourth-order valence-electron chi connectivity index (χ4n) is 8.68. The van der Waals surface area contributed by atoms with E-state index in [1.165, 1.54) is 57.8 Å². The Morgan fingerprint density at radius 1 is 1.00 bits per heavy atom. The summed E-state index contributed by atoms with van der Waals surface area (Å²) < 4.78 is 0. The van der Waals surface area contributed by atoms with E-state index in [4.69, 9.17) is 0 Å². The number of rotatable bonds is 3. The lowest BCUT2D eigenvalue weighted by Crippen LogP contribution is -2.53. The first-order valence-electron chi connectivity index (χ1n) is 11.4. The first-order valence-corrected chi connectivity index (χ1v) is 11.4. The molecule has 4 fully saturated rings. The Balaban J connectivity index is 1.57. The largest absolute Gasteiger partial charge is 0.300 e. The molecule has 0 aliphatic heterocycles. The number of ketones is 1. The summed E-state index contributed by atoms with van der Waals surface area (Å²) in [6.45, 7) is 10.2. The minimum absolute atomic E-state index is 0.477. The molecule has 0 radical (unpaired) electrons. The second-order valence-corrected chi connectivity index (χ2v) is 10.9. The van der Waals surface area contributed by atoms with Crippen LogP contribution in [0.1, 0.15) is 98.3 Å². The van der Waals surface area contributed by atoms with Crippen LogP contribution in [0.5, 0.6) is 0 Å². The van der Waals surface area contributed by atoms with Gasteiger partial charge in [0.2, 0.25) is 0 Å². The smallest absolute Gasteiger partial charge is 0.133 e. The van der Waals surface area contributed by atoms with Gasteiger partial charge in [-0.1, -0.05) is 40.5 Å². The third-order valence-electron chi connectivity index (χ3n) is 9.99. The maximum absolute atomic E-state index is 12.0. The summed E-state index contributed by atoms with van der Waals surface area (Å²) >= 11 is 0. The summed E-state index contributed by atoms with van der Waals surface area (Å²) in [5, 5.41) is 0. The molecule has 0 saturated heterocycles. The Kier molecular flexibility index (Phi) is 4.61. The number of hydrogen-bond acceptors (Lipinski definition) is 1. The van der Waals surface area contributed by atoms with E-state index >= 15 is 0 Å². The molecular formula is C24H40O. The summed E-state index contributed by atoms with van der Waals surface area (Å²) in [7, 11) is 0. The quantitative estimate of drug-likeness (QED) is 0.560. The predicted octanol–water partition coefficient (Wildman–Crippen LogP) is 6.65. The second-order valence-electron chi connectivity index (χ2n) is 10.9. The third kappa shape index (κ3) is 2.66. The maximum atomic E-state index is 12.0. The third-order valence-corrected chi connectivity index (χ3v) is 9.99. The summed E-state index contributed by atoms with van der Waals surface area (Å²) in [4.78, 5) is 12.0. The van der Waals surface area contributed by atoms with Crippen LogP contribution in [0.15, 0.2) is 0 Å². The van der Waals surface area contributed by atoms with E-state index in [1.54, 1.807) is 0 Å². The van der Waals surface area contributed by atoms with Crippen LogP contribution in [-0.4, -0.2) is 5.78 Å². The Morgan fingerprint density at radius 3 is 2.52 bits per heavy atom. The van der Waals surface area contributed by atoms with Gasteiger partial charge in [-0.3, -0.25) is 4.79 Å². The van der Waals surface area contributed by atoms with Gasteiger partial charge < -0.3 is 0 Å². The number of carbonyl (C=O) groups excluding carboxylic acids is 1.